The Labute approximate surface area is 112 Å². The maximum Gasteiger partial charge on any atom is 0.187 e. The van der Waals surface area contributed by atoms with E-state index in [0.717, 1.165) is 45.4 Å². The van der Waals surface area contributed by atoms with Crippen molar-refractivity contribution < 1.29 is 9.13 Å². The molecule has 1 aromatic heterocycles. The van der Waals surface area contributed by atoms with Gasteiger partial charge in [0.2, 0.25) is 0 Å². The molecule has 0 amide bonds. The van der Waals surface area contributed by atoms with Crippen LogP contribution in [-0.2, 0) is 4.74 Å². The number of hydrogen-bond acceptors (Lipinski definition) is 4. The molecule has 0 atom stereocenters. The van der Waals surface area contributed by atoms with Crippen molar-refractivity contribution in [2.75, 3.05) is 25.1 Å². The van der Waals surface area contributed by atoms with Gasteiger partial charge in [-0.2, -0.15) is 0 Å². The lowest BCUT2D eigenvalue weighted by molar-refractivity contribution is 0.0699. The zero-order chi connectivity index (χ0) is 13.1. The summed E-state index contributed by atoms with van der Waals surface area (Å²) in [6.07, 6.45) is 6.83. The Balaban J connectivity index is 1.63. The lowest BCUT2D eigenvalue weighted by Gasteiger charge is -2.26. The molecule has 2 aliphatic rings. The number of nitrogens with one attached hydrogen (secondary N) is 1. The number of anilines is 1. The second kappa shape index (κ2) is 5.82. The standard InChI is InChI=1S/C14H20FN3O/c15-12-13(11-2-1-3-11)17-9-18-14(12)16-8-10-4-6-19-7-5-10/h9-11H,1-8H2,(H,16,17,18). The highest BCUT2D eigenvalue weighted by molar-refractivity contribution is 5.38. The smallest absolute Gasteiger partial charge is 0.187 e. The molecule has 1 aromatic rings. The molecule has 1 saturated carbocycles. The van der Waals surface area contributed by atoms with Crippen molar-refractivity contribution in [2.45, 2.75) is 38.0 Å². The minimum Gasteiger partial charge on any atom is -0.381 e. The van der Waals surface area contributed by atoms with Crippen LogP contribution in [0, 0.1) is 11.7 Å². The number of nitrogens with zero attached hydrogens (tertiary/aromatic N) is 2. The average Bonchev–Trinajstić information content (AvgIpc) is 2.39. The Bertz CT molecular complexity index is 431. The van der Waals surface area contributed by atoms with E-state index in [1.807, 2.05) is 0 Å². The van der Waals surface area contributed by atoms with Gasteiger partial charge < -0.3 is 10.1 Å². The Hall–Kier alpha value is -1.23. The lowest BCUT2D eigenvalue weighted by Crippen LogP contribution is -2.24. The molecule has 0 aromatic carbocycles. The molecular weight excluding hydrogens is 245 g/mol. The molecular formula is C14H20FN3O. The first-order chi connectivity index (χ1) is 9.34. The topological polar surface area (TPSA) is 47.0 Å². The normalized spacial score (nSPS) is 21.1. The van der Waals surface area contributed by atoms with Gasteiger partial charge in [-0.25, -0.2) is 14.4 Å². The summed E-state index contributed by atoms with van der Waals surface area (Å²) in [6.45, 7) is 2.39. The highest BCUT2D eigenvalue weighted by Gasteiger charge is 2.26. The van der Waals surface area contributed by atoms with Crippen molar-refractivity contribution in [1.29, 1.82) is 0 Å². The van der Waals surface area contributed by atoms with Gasteiger partial charge in [0.15, 0.2) is 11.6 Å². The van der Waals surface area contributed by atoms with E-state index in [4.69, 9.17) is 4.74 Å². The van der Waals surface area contributed by atoms with E-state index >= 15 is 0 Å². The summed E-state index contributed by atoms with van der Waals surface area (Å²) in [4.78, 5) is 8.15. The van der Waals surface area contributed by atoms with Gasteiger partial charge in [0, 0.05) is 25.7 Å². The fourth-order valence-corrected chi connectivity index (χ4v) is 2.66. The van der Waals surface area contributed by atoms with Crippen LogP contribution in [0.15, 0.2) is 6.33 Å². The molecule has 2 heterocycles. The summed E-state index contributed by atoms with van der Waals surface area (Å²) >= 11 is 0. The highest BCUT2D eigenvalue weighted by atomic mass is 19.1. The van der Waals surface area contributed by atoms with Crippen LogP contribution in [0.5, 0.6) is 0 Å². The molecule has 5 heteroatoms. The third-order valence-electron chi connectivity index (χ3n) is 4.21. The predicted molar refractivity (Wildman–Crippen MR) is 70.6 cm³/mol. The SMILES string of the molecule is Fc1c(NCC2CCOCC2)ncnc1C1CCC1. The van der Waals surface area contributed by atoms with Gasteiger partial charge in [-0.05, 0) is 31.6 Å². The molecule has 0 unspecified atom stereocenters. The van der Waals surface area contributed by atoms with Gasteiger partial charge >= 0.3 is 0 Å². The fourth-order valence-electron chi connectivity index (χ4n) is 2.66. The number of aromatic nitrogens is 2. The van der Waals surface area contributed by atoms with Crippen LogP contribution in [-0.4, -0.2) is 29.7 Å². The summed E-state index contributed by atoms with van der Waals surface area (Å²) in [7, 11) is 0. The summed E-state index contributed by atoms with van der Waals surface area (Å²) < 4.78 is 19.6. The van der Waals surface area contributed by atoms with Gasteiger partial charge in [-0.15, -0.1) is 0 Å². The van der Waals surface area contributed by atoms with Crippen LogP contribution in [0.1, 0.15) is 43.7 Å². The van der Waals surface area contributed by atoms with Crippen LogP contribution in [0.4, 0.5) is 10.2 Å². The van der Waals surface area contributed by atoms with Crippen molar-refractivity contribution in [3.05, 3.63) is 17.8 Å². The molecule has 3 rings (SSSR count). The molecule has 4 nitrogen and oxygen atoms in total. The molecule has 1 aliphatic heterocycles. The highest BCUT2D eigenvalue weighted by Crippen LogP contribution is 2.37. The van der Waals surface area contributed by atoms with Crippen LogP contribution in [0.3, 0.4) is 0 Å². The average molecular weight is 265 g/mol. The van der Waals surface area contributed by atoms with Gasteiger partial charge in [0.05, 0.1) is 5.69 Å². The zero-order valence-corrected chi connectivity index (χ0v) is 11.1. The first-order valence-electron chi connectivity index (χ1n) is 7.16. The monoisotopic (exact) mass is 265 g/mol. The molecule has 0 radical (unpaired) electrons. The van der Waals surface area contributed by atoms with Crippen molar-refractivity contribution in [3.63, 3.8) is 0 Å². The third-order valence-corrected chi connectivity index (χ3v) is 4.21. The molecule has 104 valence electrons. The Kier molecular flexibility index (Phi) is 3.92. The second-order valence-electron chi connectivity index (χ2n) is 5.49. The van der Waals surface area contributed by atoms with E-state index in [9.17, 15) is 4.39 Å². The number of ether oxygens (including phenoxy) is 1. The van der Waals surface area contributed by atoms with E-state index < -0.39 is 0 Å². The van der Waals surface area contributed by atoms with Crippen LogP contribution >= 0.6 is 0 Å². The summed E-state index contributed by atoms with van der Waals surface area (Å²) in [5.74, 6) is 0.963. The fraction of sp³-hybridized carbons (Fsp3) is 0.714. The largest absolute Gasteiger partial charge is 0.381 e. The van der Waals surface area contributed by atoms with E-state index in [1.54, 1.807) is 0 Å². The van der Waals surface area contributed by atoms with Crippen LogP contribution in [0.2, 0.25) is 0 Å². The minimum atomic E-state index is -0.251. The third kappa shape index (κ3) is 2.86. The molecule has 1 saturated heterocycles. The summed E-state index contributed by atoms with van der Waals surface area (Å²) in [5, 5.41) is 3.14. The van der Waals surface area contributed by atoms with Crippen molar-refractivity contribution in [3.8, 4) is 0 Å². The molecule has 2 fully saturated rings. The first kappa shape index (κ1) is 12.8. The molecule has 1 aliphatic carbocycles. The number of rotatable bonds is 4. The van der Waals surface area contributed by atoms with Gasteiger partial charge in [0.1, 0.15) is 6.33 Å². The van der Waals surface area contributed by atoms with Gasteiger partial charge in [-0.1, -0.05) is 6.42 Å². The van der Waals surface area contributed by atoms with E-state index in [-0.39, 0.29) is 5.82 Å². The summed E-state index contributed by atoms with van der Waals surface area (Å²) in [6, 6.07) is 0. The van der Waals surface area contributed by atoms with E-state index in [2.05, 4.69) is 15.3 Å². The Morgan fingerprint density at radius 3 is 2.68 bits per heavy atom. The molecule has 19 heavy (non-hydrogen) atoms. The lowest BCUT2D eigenvalue weighted by atomic mass is 9.82. The number of hydrogen-bond donors (Lipinski definition) is 1. The van der Waals surface area contributed by atoms with Gasteiger partial charge in [0.25, 0.3) is 0 Å². The summed E-state index contributed by atoms with van der Waals surface area (Å²) in [5.41, 5.74) is 0.593. The second-order valence-corrected chi connectivity index (χ2v) is 5.49. The first-order valence-corrected chi connectivity index (χ1v) is 7.16. The van der Waals surface area contributed by atoms with Crippen molar-refractivity contribution in [2.24, 2.45) is 5.92 Å². The Morgan fingerprint density at radius 2 is 2.00 bits per heavy atom. The predicted octanol–water partition coefficient (Wildman–Crippen LogP) is 2.72. The molecule has 0 spiro atoms. The molecule has 1 N–H and O–H groups in total. The van der Waals surface area contributed by atoms with Crippen molar-refractivity contribution in [1.82, 2.24) is 9.97 Å². The van der Waals surface area contributed by atoms with Crippen LogP contribution < -0.4 is 5.32 Å². The van der Waals surface area contributed by atoms with Gasteiger partial charge in [-0.3, -0.25) is 0 Å². The van der Waals surface area contributed by atoms with E-state index in [1.165, 1.54) is 12.7 Å². The maximum absolute atomic E-state index is 14.3. The van der Waals surface area contributed by atoms with E-state index in [0.29, 0.717) is 23.3 Å². The minimum absolute atomic E-state index is 0.251. The zero-order valence-electron chi connectivity index (χ0n) is 11.1. The molecule has 0 bridgehead atoms. The van der Waals surface area contributed by atoms with Crippen molar-refractivity contribution >= 4 is 5.82 Å². The maximum atomic E-state index is 14.3. The van der Waals surface area contributed by atoms with Crippen LogP contribution in [0.25, 0.3) is 0 Å². The number of halogens is 1. The Morgan fingerprint density at radius 1 is 1.21 bits per heavy atom. The quantitative estimate of drug-likeness (QED) is 0.909.